The number of hydrogen-bond donors (Lipinski definition) is 1. The molecule has 2 aromatic rings. The van der Waals surface area contributed by atoms with E-state index in [-0.39, 0.29) is 23.5 Å². The first-order valence-electron chi connectivity index (χ1n) is 8.32. The summed E-state index contributed by atoms with van der Waals surface area (Å²) in [5.74, 6) is 0.213. The van der Waals surface area contributed by atoms with Crippen LogP contribution in [0.2, 0.25) is 0 Å². The zero-order valence-corrected chi connectivity index (χ0v) is 18.1. The summed E-state index contributed by atoms with van der Waals surface area (Å²) in [6.45, 7) is 3.48. The highest BCUT2D eigenvalue weighted by Crippen LogP contribution is 2.23. The van der Waals surface area contributed by atoms with Crippen LogP contribution >= 0.6 is 15.9 Å². The maximum Gasteiger partial charge on any atom is 0.258 e. The number of carbonyl (C=O) groups excluding carboxylic acids is 1. The molecule has 1 N–H and O–H groups in total. The van der Waals surface area contributed by atoms with Gasteiger partial charge in [0.2, 0.25) is 10.0 Å². The lowest BCUT2D eigenvalue weighted by atomic mass is 10.1. The number of sulfonamides is 1. The summed E-state index contributed by atoms with van der Waals surface area (Å²) in [5.41, 5.74) is 1.62. The van der Waals surface area contributed by atoms with Gasteiger partial charge in [-0.15, -0.1) is 0 Å². The Morgan fingerprint density at radius 2 is 1.93 bits per heavy atom. The summed E-state index contributed by atoms with van der Waals surface area (Å²) in [4.78, 5) is 12.3. The fraction of sp³-hybridized carbons (Fsp3) is 0.316. The lowest BCUT2D eigenvalue weighted by Gasteiger charge is -2.16. The quantitative estimate of drug-likeness (QED) is 0.696. The number of nitrogens with one attached hydrogen (secondary N) is 1. The fourth-order valence-electron chi connectivity index (χ4n) is 2.44. The van der Waals surface area contributed by atoms with E-state index >= 15 is 0 Å². The van der Waals surface area contributed by atoms with Crippen molar-refractivity contribution >= 4 is 31.9 Å². The molecule has 8 heteroatoms. The van der Waals surface area contributed by atoms with Gasteiger partial charge in [0.15, 0.2) is 6.61 Å². The zero-order chi connectivity index (χ0) is 20.2. The Labute approximate surface area is 168 Å². The molecular formula is C19H23BrN2O4S. The second kappa shape index (κ2) is 8.86. The molecule has 6 nitrogen and oxygen atoms in total. The molecule has 0 aliphatic heterocycles. The minimum absolute atomic E-state index is 0.154. The molecule has 0 saturated carbocycles. The van der Waals surface area contributed by atoms with E-state index in [0.29, 0.717) is 11.3 Å². The van der Waals surface area contributed by atoms with Gasteiger partial charge in [-0.25, -0.2) is 12.7 Å². The van der Waals surface area contributed by atoms with Crippen LogP contribution in [0.1, 0.15) is 24.1 Å². The molecule has 0 radical (unpaired) electrons. The Hall–Kier alpha value is -1.90. The third-order valence-corrected chi connectivity index (χ3v) is 6.31. The second-order valence-electron chi connectivity index (χ2n) is 6.35. The van der Waals surface area contributed by atoms with Crippen LogP contribution in [-0.4, -0.2) is 39.3 Å². The first kappa shape index (κ1) is 21.4. The number of hydrogen-bond acceptors (Lipinski definition) is 4. The van der Waals surface area contributed by atoms with Gasteiger partial charge in [0.05, 0.1) is 10.9 Å². The number of benzene rings is 2. The number of rotatable bonds is 7. The molecule has 0 aliphatic rings. The average Bonchev–Trinajstić information content (AvgIpc) is 2.60. The minimum atomic E-state index is -3.50. The van der Waals surface area contributed by atoms with Crippen molar-refractivity contribution in [2.45, 2.75) is 24.8 Å². The number of amides is 1. The Morgan fingerprint density at radius 3 is 2.52 bits per heavy atom. The van der Waals surface area contributed by atoms with Crippen molar-refractivity contribution in [2.75, 3.05) is 20.7 Å². The summed E-state index contributed by atoms with van der Waals surface area (Å²) in [6.07, 6.45) is 0. The summed E-state index contributed by atoms with van der Waals surface area (Å²) >= 11 is 3.41. The number of nitrogens with zero attached hydrogens (tertiary/aromatic N) is 1. The molecule has 1 atom stereocenters. The van der Waals surface area contributed by atoms with Crippen molar-refractivity contribution in [1.29, 1.82) is 0 Å². The second-order valence-corrected chi connectivity index (χ2v) is 9.42. The van der Waals surface area contributed by atoms with Gasteiger partial charge < -0.3 is 10.1 Å². The van der Waals surface area contributed by atoms with Gasteiger partial charge >= 0.3 is 0 Å². The number of carbonyl (C=O) groups is 1. The summed E-state index contributed by atoms with van der Waals surface area (Å²) in [7, 11) is -0.547. The Morgan fingerprint density at radius 1 is 1.22 bits per heavy atom. The van der Waals surface area contributed by atoms with E-state index < -0.39 is 10.0 Å². The average molecular weight is 455 g/mol. The monoisotopic (exact) mass is 454 g/mol. The maximum absolute atomic E-state index is 12.2. The third-order valence-electron chi connectivity index (χ3n) is 4.01. The highest BCUT2D eigenvalue weighted by Gasteiger charge is 2.18. The highest BCUT2D eigenvalue weighted by atomic mass is 79.9. The van der Waals surface area contributed by atoms with Gasteiger partial charge in [0.1, 0.15) is 5.75 Å². The zero-order valence-electron chi connectivity index (χ0n) is 15.7. The molecule has 0 aromatic heterocycles. The van der Waals surface area contributed by atoms with Gasteiger partial charge in [0, 0.05) is 18.6 Å². The Bertz CT molecular complexity index is 929. The van der Waals surface area contributed by atoms with E-state index in [0.717, 1.165) is 14.3 Å². The van der Waals surface area contributed by atoms with E-state index in [4.69, 9.17) is 4.74 Å². The van der Waals surface area contributed by atoms with E-state index in [1.807, 2.05) is 31.2 Å². The number of halogens is 1. The topological polar surface area (TPSA) is 75.7 Å². The smallest absolute Gasteiger partial charge is 0.258 e. The number of aryl methyl sites for hydroxylation is 1. The third kappa shape index (κ3) is 5.54. The van der Waals surface area contributed by atoms with E-state index in [1.165, 1.54) is 26.2 Å². The highest BCUT2D eigenvalue weighted by molar-refractivity contribution is 9.10. The molecule has 2 aromatic carbocycles. The molecule has 0 heterocycles. The number of ether oxygens (including phenoxy) is 1. The first-order chi connectivity index (χ1) is 12.6. The van der Waals surface area contributed by atoms with Crippen LogP contribution in [0.25, 0.3) is 0 Å². The predicted molar refractivity (Wildman–Crippen MR) is 108 cm³/mol. The van der Waals surface area contributed by atoms with E-state index in [1.54, 1.807) is 13.0 Å². The molecule has 2 rings (SSSR count). The van der Waals surface area contributed by atoms with Gasteiger partial charge in [-0.3, -0.25) is 4.79 Å². The molecule has 0 fully saturated rings. The molecular weight excluding hydrogens is 432 g/mol. The summed E-state index contributed by atoms with van der Waals surface area (Å²) in [6, 6.07) is 12.1. The van der Waals surface area contributed by atoms with Crippen LogP contribution in [0.15, 0.2) is 51.8 Å². The largest absolute Gasteiger partial charge is 0.484 e. The SMILES string of the molecule is Cc1cc(S(=O)(=O)N(C)C)ccc1OCC(=O)N[C@@H](C)c1cccc(Br)c1. The molecule has 0 saturated heterocycles. The molecule has 1 amide bonds. The van der Waals surface area contributed by atoms with Crippen molar-refractivity contribution < 1.29 is 17.9 Å². The van der Waals surface area contributed by atoms with Crippen molar-refractivity contribution in [2.24, 2.45) is 0 Å². The van der Waals surface area contributed by atoms with Gasteiger partial charge in [0.25, 0.3) is 5.91 Å². The summed E-state index contributed by atoms with van der Waals surface area (Å²) in [5, 5.41) is 2.88. The van der Waals surface area contributed by atoms with Crippen LogP contribution in [-0.2, 0) is 14.8 Å². The molecule has 0 bridgehead atoms. The van der Waals surface area contributed by atoms with E-state index in [2.05, 4.69) is 21.2 Å². The lowest BCUT2D eigenvalue weighted by molar-refractivity contribution is -0.123. The van der Waals surface area contributed by atoms with Gasteiger partial charge in [-0.05, 0) is 55.3 Å². The Kier molecular flexibility index (Phi) is 7.02. The van der Waals surface area contributed by atoms with Crippen molar-refractivity contribution in [3.63, 3.8) is 0 Å². The van der Waals surface area contributed by atoms with E-state index in [9.17, 15) is 13.2 Å². The normalized spacial score (nSPS) is 12.7. The van der Waals surface area contributed by atoms with Crippen LogP contribution < -0.4 is 10.1 Å². The van der Waals surface area contributed by atoms with Gasteiger partial charge in [-0.2, -0.15) is 0 Å². The molecule has 0 spiro atoms. The molecule has 0 aliphatic carbocycles. The molecule has 27 heavy (non-hydrogen) atoms. The van der Waals surface area contributed by atoms with Crippen LogP contribution in [0, 0.1) is 6.92 Å². The minimum Gasteiger partial charge on any atom is -0.484 e. The van der Waals surface area contributed by atoms with Crippen molar-refractivity contribution in [3.8, 4) is 5.75 Å². The Balaban J connectivity index is 1.99. The predicted octanol–water partition coefficient (Wildman–Crippen LogP) is 3.26. The van der Waals surface area contributed by atoms with Crippen LogP contribution in [0.4, 0.5) is 0 Å². The maximum atomic E-state index is 12.2. The van der Waals surface area contributed by atoms with Gasteiger partial charge in [-0.1, -0.05) is 28.1 Å². The standard InChI is InChI=1S/C19H23BrN2O4S/c1-13-10-17(27(24,25)22(3)4)8-9-18(13)26-12-19(23)21-14(2)15-6-5-7-16(20)11-15/h5-11,14H,12H2,1-4H3,(H,21,23)/t14-/m0/s1. The summed E-state index contributed by atoms with van der Waals surface area (Å²) < 4.78 is 32.0. The van der Waals surface area contributed by atoms with Crippen LogP contribution in [0.5, 0.6) is 5.75 Å². The van der Waals surface area contributed by atoms with Crippen molar-refractivity contribution in [1.82, 2.24) is 9.62 Å². The fourth-order valence-corrected chi connectivity index (χ4v) is 3.85. The van der Waals surface area contributed by atoms with Crippen molar-refractivity contribution in [3.05, 3.63) is 58.1 Å². The first-order valence-corrected chi connectivity index (χ1v) is 10.6. The van der Waals surface area contributed by atoms with Crippen LogP contribution in [0.3, 0.4) is 0 Å². The molecule has 146 valence electrons. The lowest BCUT2D eigenvalue weighted by Crippen LogP contribution is -2.31. The molecule has 0 unspecified atom stereocenters.